The van der Waals surface area contributed by atoms with Crippen molar-refractivity contribution in [2.75, 3.05) is 11.9 Å². The lowest BCUT2D eigenvalue weighted by atomic mass is 10.2. The van der Waals surface area contributed by atoms with Crippen molar-refractivity contribution in [1.82, 2.24) is 9.97 Å². The fourth-order valence-electron chi connectivity index (χ4n) is 1.71. The van der Waals surface area contributed by atoms with Crippen LogP contribution >= 0.6 is 0 Å². The molecule has 4 heteroatoms. The minimum Gasteiger partial charge on any atom is -0.370 e. The first-order valence-corrected chi connectivity index (χ1v) is 6.14. The third-order valence-electron chi connectivity index (χ3n) is 2.81. The minimum absolute atomic E-state index is 0.0464. The molecule has 1 aromatic rings. The zero-order valence-corrected chi connectivity index (χ0v) is 9.75. The highest BCUT2D eigenvalue weighted by atomic mass is 16.1. The smallest absolute Gasteiger partial charge is 0.252 e. The molecule has 16 heavy (non-hydrogen) atoms. The fraction of sp³-hybridized carbons (Fsp3) is 0.667. The van der Waals surface area contributed by atoms with Crippen LogP contribution in [0.4, 0.5) is 5.82 Å². The van der Waals surface area contributed by atoms with Crippen LogP contribution in [0.25, 0.3) is 0 Å². The molecule has 0 bridgehead atoms. The molecule has 0 unspecified atom stereocenters. The van der Waals surface area contributed by atoms with Gasteiger partial charge in [-0.3, -0.25) is 4.79 Å². The van der Waals surface area contributed by atoms with Gasteiger partial charge in [-0.05, 0) is 19.3 Å². The van der Waals surface area contributed by atoms with E-state index in [0.717, 1.165) is 37.4 Å². The van der Waals surface area contributed by atoms with Crippen LogP contribution in [0.1, 0.15) is 50.8 Å². The molecular weight excluding hydrogens is 202 g/mol. The van der Waals surface area contributed by atoms with Crippen molar-refractivity contribution in [3.63, 3.8) is 0 Å². The van der Waals surface area contributed by atoms with Gasteiger partial charge in [0.15, 0.2) is 0 Å². The van der Waals surface area contributed by atoms with Crippen LogP contribution in [0.5, 0.6) is 0 Å². The van der Waals surface area contributed by atoms with E-state index < -0.39 is 0 Å². The molecule has 0 radical (unpaired) electrons. The Labute approximate surface area is 95.5 Å². The molecule has 1 aliphatic rings. The Morgan fingerprint density at radius 3 is 3.00 bits per heavy atom. The number of nitrogens with one attached hydrogen (secondary N) is 2. The Kier molecular flexibility index (Phi) is 3.59. The van der Waals surface area contributed by atoms with Gasteiger partial charge in [0.05, 0.1) is 0 Å². The topological polar surface area (TPSA) is 57.8 Å². The van der Waals surface area contributed by atoms with E-state index in [-0.39, 0.29) is 5.56 Å². The number of hydrogen-bond acceptors (Lipinski definition) is 3. The van der Waals surface area contributed by atoms with E-state index in [1.807, 2.05) is 0 Å². The molecule has 1 fully saturated rings. The Morgan fingerprint density at radius 2 is 2.31 bits per heavy atom. The summed E-state index contributed by atoms with van der Waals surface area (Å²) < 4.78 is 0. The zero-order chi connectivity index (χ0) is 11.4. The lowest BCUT2D eigenvalue weighted by molar-refractivity contribution is 0.741. The summed E-state index contributed by atoms with van der Waals surface area (Å²) in [7, 11) is 0. The summed E-state index contributed by atoms with van der Waals surface area (Å²) in [5.41, 5.74) is -0.0464. The van der Waals surface area contributed by atoms with E-state index in [4.69, 9.17) is 0 Å². The summed E-state index contributed by atoms with van der Waals surface area (Å²) in [6.07, 6.45) is 5.86. The molecule has 0 saturated heterocycles. The van der Waals surface area contributed by atoms with E-state index in [1.54, 1.807) is 0 Å². The van der Waals surface area contributed by atoms with Crippen LogP contribution in [0, 0.1) is 0 Å². The highest BCUT2D eigenvalue weighted by Gasteiger charge is 2.26. The average Bonchev–Trinajstić information content (AvgIpc) is 3.07. The first kappa shape index (κ1) is 11.2. The molecule has 1 aliphatic carbocycles. The zero-order valence-electron chi connectivity index (χ0n) is 9.75. The van der Waals surface area contributed by atoms with Gasteiger partial charge < -0.3 is 10.3 Å². The molecule has 88 valence electrons. The number of nitrogens with zero attached hydrogens (tertiary/aromatic N) is 1. The Balaban J connectivity index is 1.94. The van der Waals surface area contributed by atoms with Gasteiger partial charge in [-0.2, -0.15) is 0 Å². The maximum Gasteiger partial charge on any atom is 0.252 e. The van der Waals surface area contributed by atoms with Gasteiger partial charge in [-0.1, -0.05) is 19.8 Å². The number of anilines is 1. The number of H-pyrrole nitrogens is 1. The third-order valence-corrected chi connectivity index (χ3v) is 2.81. The van der Waals surface area contributed by atoms with Crippen LogP contribution in [0.2, 0.25) is 0 Å². The molecule has 0 aliphatic heterocycles. The van der Waals surface area contributed by atoms with E-state index in [1.165, 1.54) is 18.9 Å². The fourth-order valence-corrected chi connectivity index (χ4v) is 1.71. The van der Waals surface area contributed by atoms with Crippen LogP contribution in [0.15, 0.2) is 10.9 Å². The third kappa shape index (κ3) is 3.08. The molecule has 0 spiro atoms. The van der Waals surface area contributed by atoms with Gasteiger partial charge in [0.25, 0.3) is 5.56 Å². The first-order valence-electron chi connectivity index (χ1n) is 6.14. The second kappa shape index (κ2) is 5.14. The molecule has 0 atom stereocenters. The van der Waals surface area contributed by atoms with Crippen molar-refractivity contribution >= 4 is 5.82 Å². The summed E-state index contributed by atoms with van der Waals surface area (Å²) in [5, 5.41) is 3.21. The van der Waals surface area contributed by atoms with Crippen LogP contribution < -0.4 is 10.9 Å². The molecule has 2 rings (SSSR count). The number of hydrogen-bond donors (Lipinski definition) is 2. The second-order valence-corrected chi connectivity index (χ2v) is 4.42. The van der Waals surface area contributed by atoms with Crippen molar-refractivity contribution in [1.29, 1.82) is 0 Å². The van der Waals surface area contributed by atoms with E-state index in [0.29, 0.717) is 5.92 Å². The van der Waals surface area contributed by atoms with Gasteiger partial charge in [-0.25, -0.2) is 4.98 Å². The van der Waals surface area contributed by atoms with Crippen molar-refractivity contribution in [3.8, 4) is 0 Å². The van der Waals surface area contributed by atoms with Crippen molar-refractivity contribution in [2.45, 2.75) is 44.9 Å². The van der Waals surface area contributed by atoms with Gasteiger partial charge in [0, 0.05) is 18.5 Å². The minimum atomic E-state index is -0.0464. The van der Waals surface area contributed by atoms with Crippen LogP contribution in [-0.4, -0.2) is 16.5 Å². The van der Waals surface area contributed by atoms with Crippen molar-refractivity contribution in [3.05, 3.63) is 22.2 Å². The summed E-state index contributed by atoms with van der Waals surface area (Å²) in [6, 6.07) is 1.54. The van der Waals surface area contributed by atoms with Gasteiger partial charge in [-0.15, -0.1) is 0 Å². The molecule has 0 aromatic carbocycles. The molecule has 4 nitrogen and oxygen atoms in total. The summed E-state index contributed by atoms with van der Waals surface area (Å²) in [6.45, 7) is 3.07. The standard InChI is InChI=1S/C12H19N3O/c1-2-3-4-7-13-10-8-11(16)15-12(14-10)9-5-6-9/h8-9H,2-7H2,1H3,(H2,13,14,15,16). The lowest BCUT2D eigenvalue weighted by Crippen LogP contribution is -2.13. The Morgan fingerprint density at radius 1 is 1.50 bits per heavy atom. The first-order chi connectivity index (χ1) is 7.79. The van der Waals surface area contributed by atoms with Gasteiger partial charge >= 0.3 is 0 Å². The SMILES string of the molecule is CCCCCNc1cc(=O)[nH]c(C2CC2)n1. The maximum absolute atomic E-state index is 11.4. The summed E-state index contributed by atoms with van der Waals surface area (Å²) in [5.74, 6) is 2.07. The lowest BCUT2D eigenvalue weighted by Gasteiger charge is -2.06. The summed E-state index contributed by atoms with van der Waals surface area (Å²) in [4.78, 5) is 18.6. The molecular formula is C12H19N3O. The van der Waals surface area contributed by atoms with Gasteiger partial charge in [0.1, 0.15) is 11.6 Å². The van der Waals surface area contributed by atoms with Crippen LogP contribution in [-0.2, 0) is 0 Å². The number of rotatable bonds is 6. The molecule has 1 aromatic heterocycles. The van der Waals surface area contributed by atoms with Crippen molar-refractivity contribution in [2.24, 2.45) is 0 Å². The summed E-state index contributed by atoms with van der Waals surface area (Å²) >= 11 is 0. The molecule has 1 heterocycles. The number of aromatic nitrogens is 2. The Bertz CT molecular complexity index is 395. The quantitative estimate of drug-likeness (QED) is 0.724. The van der Waals surface area contributed by atoms with Crippen LogP contribution in [0.3, 0.4) is 0 Å². The van der Waals surface area contributed by atoms with E-state index in [2.05, 4.69) is 22.2 Å². The molecule has 1 saturated carbocycles. The largest absolute Gasteiger partial charge is 0.370 e. The van der Waals surface area contributed by atoms with Crippen molar-refractivity contribution < 1.29 is 0 Å². The average molecular weight is 221 g/mol. The van der Waals surface area contributed by atoms with E-state index >= 15 is 0 Å². The molecule has 0 amide bonds. The Hall–Kier alpha value is -1.32. The predicted molar refractivity (Wildman–Crippen MR) is 64.8 cm³/mol. The second-order valence-electron chi connectivity index (χ2n) is 4.42. The maximum atomic E-state index is 11.4. The molecule has 2 N–H and O–H groups in total. The monoisotopic (exact) mass is 221 g/mol. The normalized spacial score (nSPS) is 15.1. The highest BCUT2D eigenvalue weighted by molar-refractivity contribution is 5.33. The predicted octanol–water partition coefficient (Wildman–Crippen LogP) is 2.25. The number of unbranched alkanes of at least 4 members (excludes halogenated alkanes) is 2. The highest BCUT2D eigenvalue weighted by Crippen LogP contribution is 2.37. The van der Waals surface area contributed by atoms with E-state index in [9.17, 15) is 4.79 Å². The number of aromatic amines is 1. The van der Waals surface area contributed by atoms with Gasteiger partial charge in [0.2, 0.25) is 0 Å².